The Kier molecular flexibility index (Phi) is 1.29. The smallest absolute Gasteiger partial charge is 0.0649 e. The lowest BCUT2D eigenvalue weighted by molar-refractivity contribution is 0.0111. The molecule has 2 rings (SSSR count). The van der Waals surface area contributed by atoms with Crippen LogP contribution in [0.25, 0.3) is 0 Å². The summed E-state index contributed by atoms with van der Waals surface area (Å²) < 4.78 is 0. The molecule has 2 bridgehead atoms. The number of rotatable bonds is 0. The van der Waals surface area contributed by atoms with Crippen molar-refractivity contribution in [2.45, 2.75) is 50.3 Å². The number of aliphatic hydroxyl groups is 1. The van der Waals surface area contributed by atoms with Gasteiger partial charge in [-0.15, -0.1) is 0 Å². The zero-order chi connectivity index (χ0) is 7.19. The van der Waals surface area contributed by atoms with Crippen molar-refractivity contribution in [3.63, 3.8) is 0 Å². The lowest BCUT2D eigenvalue weighted by Gasteiger charge is -2.33. The second-order valence-corrected chi connectivity index (χ2v) is 4.04. The van der Waals surface area contributed by atoms with Crippen molar-refractivity contribution in [1.29, 1.82) is 0 Å². The largest absolute Gasteiger partial charge is 0.390 e. The third-order valence-electron chi connectivity index (χ3n) is 2.71. The van der Waals surface area contributed by atoms with Gasteiger partial charge in [0.25, 0.3) is 0 Å². The molecule has 0 saturated carbocycles. The molecule has 2 saturated heterocycles. The summed E-state index contributed by atoms with van der Waals surface area (Å²) in [6.07, 6.45) is 4.43. The van der Waals surface area contributed by atoms with Gasteiger partial charge >= 0.3 is 0 Å². The van der Waals surface area contributed by atoms with Gasteiger partial charge in [0.2, 0.25) is 0 Å². The fourth-order valence-electron chi connectivity index (χ4n) is 2.37. The minimum atomic E-state index is -0.378. The lowest BCUT2D eigenvalue weighted by Crippen LogP contribution is -2.46. The van der Waals surface area contributed by atoms with E-state index >= 15 is 0 Å². The summed E-state index contributed by atoms with van der Waals surface area (Å²) in [7, 11) is 0. The molecule has 0 amide bonds. The molecule has 2 aliphatic heterocycles. The quantitative estimate of drug-likeness (QED) is 0.519. The maximum absolute atomic E-state index is 9.72. The highest BCUT2D eigenvalue weighted by Gasteiger charge is 2.38. The van der Waals surface area contributed by atoms with Crippen LogP contribution in [-0.4, -0.2) is 22.8 Å². The molecule has 10 heavy (non-hydrogen) atoms. The first kappa shape index (κ1) is 6.62. The molecule has 0 aromatic rings. The molecule has 58 valence electrons. The van der Waals surface area contributed by atoms with Crippen LogP contribution in [0.1, 0.15) is 32.6 Å². The van der Waals surface area contributed by atoms with Gasteiger partial charge in [0.1, 0.15) is 0 Å². The summed E-state index contributed by atoms with van der Waals surface area (Å²) in [4.78, 5) is 0. The summed E-state index contributed by atoms with van der Waals surface area (Å²) >= 11 is 0. The van der Waals surface area contributed by atoms with Gasteiger partial charge in [-0.05, 0) is 32.6 Å². The van der Waals surface area contributed by atoms with Crippen LogP contribution in [0.4, 0.5) is 0 Å². The topological polar surface area (TPSA) is 32.3 Å². The Morgan fingerprint density at radius 1 is 1.30 bits per heavy atom. The number of hydrogen-bond donors (Lipinski definition) is 2. The molecule has 2 aliphatic rings. The summed E-state index contributed by atoms with van der Waals surface area (Å²) in [5.74, 6) is 0. The van der Waals surface area contributed by atoms with Crippen molar-refractivity contribution in [2.24, 2.45) is 0 Å². The molecule has 3 atom stereocenters. The second kappa shape index (κ2) is 1.95. The van der Waals surface area contributed by atoms with Crippen LogP contribution in [0.3, 0.4) is 0 Å². The van der Waals surface area contributed by atoms with Crippen molar-refractivity contribution >= 4 is 0 Å². The Morgan fingerprint density at radius 2 is 1.80 bits per heavy atom. The average molecular weight is 141 g/mol. The standard InChI is InChI=1S/C8H15NO/c1-8(10)4-6-2-3-7(5-8)9-6/h6-7,9-10H,2-5H2,1H3/t6-,7+,8-. The first-order valence-electron chi connectivity index (χ1n) is 4.14. The van der Waals surface area contributed by atoms with Crippen molar-refractivity contribution in [1.82, 2.24) is 5.32 Å². The van der Waals surface area contributed by atoms with Crippen molar-refractivity contribution in [2.75, 3.05) is 0 Å². The van der Waals surface area contributed by atoms with Gasteiger partial charge in [-0.1, -0.05) is 0 Å². The molecule has 2 N–H and O–H groups in total. The Bertz CT molecular complexity index is 130. The van der Waals surface area contributed by atoms with E-state index < -0.39 is 0 Å². The normalized spacial score (nSPS) is 53.4. The van der Waals surface area contributed by atoms with Crippen LogP contribution < -0.4 is 5.32 Å². The number of fused-ring (bicyclic) bond motifs is 2. The molecule has 0 unspecified atom stereocenters. The summed E-state index contributed by atoms with van der Waals surface area (Å²) in [5, 5.41) is 13.2. The zero-order valence-corrected chi connectivity index (χ0v) is 6.43. The van der Waals surface area contributed by atoms with E-state index in [2.05, 4.69) is 5.32 Å². The van der Waals surface area contributed by atoms with Crippen LogP contribution >= 0.6 is 0 Å². The molecular weight excluding hydrogens is 126 g/mol. The summed E-state index contributed by atoms with van der Waals surface area (Å²) in [5.41, 5.74) is -0.378. The molecular formula is C8H15NO. The number of hydrogen-bond acceptors (Lipinski definition) is 2. The molecule has 2 nitrogen and oxygen atoms in total. The van der Waals surface area contributed by atoms with Gasteiger partial charge in [-0.25, -0.2) is 0 Å². The van der Waals surface area contributed by atoms with E-state index in [1.165, 1.54) is 12.8 Å². The first-order chi connectivity index (χ1) is 4.66. The predicted molar refractivity (Wildman–Crippen MR) is 39.8 cm³/mol. The van der Waals surface area contributed by atoms with Crippen molar-refractivity contribution in [3.05, 3.63) is 0 Å². The third-order valence-corrected chi connectivity index (χ3v) is 2.71. The number of piperidine rings is 1. The Balaban J connectivity index is 2.09. The van der Waals surface area contributed by atoms with E-state index in [0.29, 0.717) is 12.1 Å². The minimum Gasteiger partial charge on any atom is -0.390 e. The average Bonchev–Trinajstić information content (AvgIpc) is 2.08. The van der Waals surface area contributed by atoms with Crippen LogP contribution in [0, 0.1) is 0 Å². The van der Waals surface area contributed by atoms with Crippen molar-refractivity contribution < 1.29 is 5.11 Å². The van der Waals surface area contributed by atoms with Gasteiger partial charge in [0.05, 0.1) is 5.60 Å². The van der Waals surface area contributed by atoms with Crippen LogP contribution in [0.15, 0.2) is 0 Å². The summed E-state index contributed by atoms with van der Waals surface area (Å²) in [6, 6.07) is 1.21. The highest BCUT2D eigenvalue weighted by atomic mass is 16.3. The fourth-order valence-corrected chi connectivity index (χ4v) is 2.37. The molecule has 2 heterocycles. The fraction of sp³-hybridized carbons (Fsp3) is 1.00. The third kappa shape index (κ3) is 1.06. The molecule has 2 fully saturated rings. The van der Waals surface area contributed by atoms with E-state index in [4.69, 9.17) is 0 Å². The maximum atomic E-state index is 9.72. The highest BCUT2D eigenvalue weighted by Crippen LogP contribution is 2.33. The molecule has 0 aliphatic carbocycles. The second-order valence-electron chi connectivity index (χ2n) is 4.04. The number of nitrogens with one attached hydrogen (secondary N) is 1. The van der Waals surface area contributed by atoms with Gasteiger partial charge in [-0.3, -0.25) is 0 Å². The molecule has 0 aromatic heterocycles. The van der Waals surface area contributed by atoms with Crippen LogP contribution in [0.5, 0.6) is 0 Å². The van der Waals surface area contributed by atoms with Crippen molar-refractivity contribution in [3.8, 4) is 0 Å². The minimum absolute atomic E-state index is 0.378. The molecule has 0 radical (unpaired) electrons. The first-order valence-corrected chi connectivity index (χ1v) is 4.14. The van der Waals surface area contributed by atoms with Crippen LogP contribution in [-0.2, 0) is 0 Å². The van der Waals surface area contributed by atoms with E-state index in [0.717, 1.165) is 12.8 Å². The van der Waals surface area contributed by atoms with Gasteiger partial charge < -0.3 is 10.4 Å². The van der Waals surface area contributed by atoms with E-state index in [1.807, 2.05) is 6.92 Å². The zero-order valence-electron chi connectivity index (χ0n) is 6.43. The monoisotopic (exact) mass is 141 g/mol. The Morgan fingerprint density at radius 3 is 2.30 bits per heavy atom. The molecule has 2 heteroatoms. The van der Waals surface area contributed by atoms with E-state index in [-0.39, 0.29) is 5.60 Å². The SMILES string of the molecule is C[C@@]1(O)C[C@H]2CC[C@@H](C1)N2. The van der Waals surface area contributed by atoms with Crippen LogP contribution in [0.2, 0.25) is 0 Å². The highest BCUT2D eigenvalue weighted by molar-refractivity contribution is 4.97. The lowest BCUT2D eigenvalue weighted by atomic mass is 9.90. The van der Waals surface area contributed by atoms with Gasteiger partial charge in [0.15, 0.2) is 0 Å². The predicted octanol–water partition coefficient (Wildman–Crippen LogP) is 0.652. The Labute approximate surface area is 61.6 Å². The maximum Gasteiger partial charge on any atom is 0.0649 e. The van der Waals surface area contributed by atoms with Gasteiger partial charge in [-0.2, -0.15) is 0 Å². The van der Waals surface area contributed by atoms with E-state index in [1.54, 1.807) is 0 Å². The molecule has 0 aromatic carbocycles. The van der Waals surface area contributed by atoms with E-state index in [9.17, 15) is 5.11 Å². The molecule has 0 spiro atoms. The van der Waals surface area contributed by atoms with Gasteiger partial charge in [0, 0.05) is 12.1 Å². The summed E-state index contributed by atoms with van der Waals surface area (Å²) in [6.45, 7) is 1.96. The Hall–Kier alpha value is -0.0800.